The third-order valence-corrected chi connectivity index (χ3v) is 5.43. The van der Waals surface area contributed by atoms with E-state index in [0.29, 0.717) is 22.7 Å². The molecule has 3 aromatic carbocycles. The predicted octanol–water partition coefficient (Wildman–Crippen LogP) is 3.21. The van der Waals surface area contributed by atoms with Crippen molar-refractivity contribution in [3.05, 3.63) is 66.2 Å². The SMILES string of the molecule is Cc1ccc(S(=O)(=O)Nc2cc(-c3ccc(N)c(N)c3)ccc2N)cc1. The van der Waals surface area contributed by atoms with E-state index in [-0.39, 0.29) is 4.90 Å². The van der Waals surface area contributed by atoms with Gasteiger partial charge in [-0.3, -0.25) is 4.72 Å². The molecule has 0 radical (unpaired) electrons. The number of anilines is 4. The molecule has 0 aromatic heterocycles. The molecule has 7 heteroatoms. The van der Waals surface area contributed by atoms with Gasteiger partial charge in [-0.25, -0.2) is 8.42 Å². The number of rotatable bonds is 4. The van der Waals surface area contributed by atoms with Crippen LogP contribution in [-0.2, 0) is 10.0 Å². The zero-order chi connectivity index (χ0) is 18.9. The Kier molecular flexibility index (Phi) is 4.48. The van der Waals surface area contributed by atoms with Crippen molar-refractivity contribution >= 4 is 32.8 Å². The van der Waals surface area contributed by atoms with Crippen LogP contribution in [0.4, 0.5) is 22.7 Å². The van der Waals surface area contributed by atoms with Gasteiger partial charge >= 0.3 is 0 Å². The lowest BCUT2D eigenvalue weighted by Gasteiger charge is -2.13. The summed E-state index contributed by atoms with van der Waals surface area (Å²) in [5, 5.41) is 0. The summed E-state index contributed by atoms with van der Waals surface area (Å²) in [7, 11) is -3.74. The van der Waals surface area contributed by atoms with E-state index in [1.807, 2.05) is 13.0 Å². The van der Waals surface area contributed by atoms with Crippen LogP contribution in [0.2, 0.25) is 0 Å². The second-order valence-electron chi connectivity index (χ2n) is 6.06. The number of nitrogen functional groups attached to an aromatic ring is 3. The Bertz CT molecular complexity index is 1060. The molecule has 3 aromatic rings. The summed E-state index contributed by atoms with van der Waals surface area (Å²) in [5.74, 6) is 0. The Morgan fingerprint density at radius 3 is 1.92 bits per heavy atom. The van der Waals surface area contributed by atoms with Crippen LogP contribution < -0.4 is 21.9 Å². The van der Waals surface area contributed by atoms with Crippen molar-refractivity contribution in [2.45, 2.75) is 11.8 Å². The highest BCUT2D eigenvalue weighted by molar-refractivity contribution is 7.92. The summed E-state index contributed by atoms with van der Waals surface area (Å²) in [5.41, 5.74) is 21.7. The summed E-state index contributed by atoms with van der Waals surface area (Å²) in [4.78, 5) is 0.171. The van der Waals surface area contributed by atoms with Gasteiger partial charge < -0.3 is 17.2 Å². The molecule has 0 aliphatic rings. The van der Waals surface area contributed by atoms with Crippen LogP contribution >= 0.6 is 0 Å². The fraction of sp³-hybridized carbons (Fsp3) is 0.0526. The normalized spacial score (nSPS) is 11.3. The number of sulfonamides is 1. The minimum atomic E-state index is -3.74. The van der Waals surface area contributed by atoms with Gasteiger partial charge in [0.1, 0.15) is 0 Å². The van der Waals surface area contributed by atoms with Crippen molar-refractivity contribution in [2.24, 2.45) is 0 Å². The monoisotopic (exact) mass is 368 g/mol. The van der Waals surface area contributed by atoms with Crippen LogP contribution in [-0.4, -0.2) is 8.42 Å². The third-order valence-electron chi connectivity index (χ3n) is 4.05. The van der Waals surface area contributed by atoms with Gasteiger partial charge in [0.15, 0.2) is 0 Å². The third kappa shape index (κ3) is 3.57. The van der Waals surface area contributed by atoms with Gasteiger partial charge in [-0.1, -0.05) is 29.8 Å². The molecule has 0 saturated carbocycles. The first-order valence-corrected chi connectivity index (χ1v) is 9.39. The van der Waals surface area contributed by atoms with Crippen LogP contribution in [0.15, 0.2) is 65.6 Å². The maximum absolute atomic E-state index is 12.6. The molecule has 7 N–H and O–H groups in total. The van der Waals surface area contributed by atoms with E-state index in [2.05, 4.69) is 4.72 Å². The Labute approximate surface area is 152 Å². The second-order valence-corrected chi connectivity index (χ2v) is 7.75. The summed E-state index contributed by atoms with van der Waals surface area (Å²) >= 11 is 0. The lowest BCUT2D eigenvalue weighted by atomic mass is 10.0. The fourth-order valence-corrected chi connectivity index (χ4v) is 3.58. The standard InChI is InChI=1S/C19H20N4O2S/c1-12-2-6-15(7-3-12)26(24,25)23-19-11-14(5-9-17(19)21)13-4-8-16(20)18(22)10-13/h2-11,23H,20-22H2,1H3. The van der Waals surface area contributed by atoms with Crippen LogP contribution in [0.25, 0.3) is 11.1 Å². The lowest BCUT2D eigenvalue weighted by Crippen LogP contribution is -2.14. The number of nitrogens with one attached hydrogen (secondary N) is 1. The fourth-order valence-electron chi connectivity index (χ4n) is 2.50. The molecule has 0 saturated heterocycles. The highest BCUT2D eigenvalue weighted by Crippen LogP contribution is 2.31. The Hall–Kier alpha value is -3.19. The molecule has 3 rings (SSSR count). The average molecular weight is 368 g/mol. The molecule has 0 amide bonds. The van der Waals surface area contributed by atoms with Crippen molar-refractivity contribution in [1.29, 1.82) is 0 Å². The highest BCUT2D eigenvalue weighted by atomic mass is 32.2. The summed E-state index contributed by atoms with van der Waals surface area (Å²) in [6.07, 6.45) is 0. The molecule has 26 heavy (non-hydrogen) atoms. The van der Waals surface area contributed by atoms with Crippen LogP contribution in [0.5, 0.6) is 0 Å². The van der Waals surface area contributed by atoms with E-state index in [9.17, 15) is 8.42 Å². The number of nitrogens with two attached hydrogens (primary N) is 3. The second kappa shape index (κ2) is 6.61. The first kappa shape index (κ1) is 17.6. The van der Waals surface area contributed by atoms with E-state index in [0.717, 1.165) is 16.7 Å². The zero-order valence-corrected chi connectivity index (χ0v) is 15.0. The topological polar surface area (TPSA) is 124 Å². The predicted molar refractivity (Wildman–Crippen MR) is 107 cm³/mol. The van der Waals surface area contributed by atoms with E-state index < -0.39 is 10.0 Å². The Balaban J connectivity index is 1.97. The van der Waals surface area contributed by atoms with Gasteiger partial charge in [-0.15, -0.1) is 0 Å². The first-order chi connectivity index (χ1) is 12.3. The first-order valence-electron chi connectivity index (χ1n) is 7.91. The summed E-state index contributed by atoms with van der Waals surface area (Å²) in [6, 6.07) is 17.0. The number of benzene rings is 3. The minimum absolute atomic E-state index is 0.171. The van der Waals surface area contributed by atoms with Crippen molar-refractivity contribution in [1.82, 2.24) is 0 Å². The average Bonchev–Trinajstić information content (AvgIpc) is 2.59. The smallest absolute Gasteiger partial charge is 0.261 e. The van der Waals surface area contributed by atoms with Gasteiger partial charge in [0.2, 0.25) is 0 Å². The Morgan fingerprint density at radius 1 is 0.731 bits per heavy atom. The zero-order valence-electron chi connectivity index (χ0n) is 14.2. The molecule has 6 nitrogen and oxygen atoms in total. The van der Waals surface area contributed by atoms with Gasteiger partial charge in [-0.2, -0.15) is 0 Å². The van der Waals surface area contributed by atoms with Gasteiger partial charge in [-0.05, 0) is 54.4 Å². The molecule has 0 aliphatic heterocycles. The summed E-state index contributed by atoms with van der Waals surface area (Å²) < 4.78 is 27.8. The van der Waals surface area contributed by atoms with Crippen molar-refractivity contribution < 1.29 is 8.42 Å². The Morgan fingerprint density at radius 2 is 1.31 bits per heavy atom. The molecule has 0 aliphatic carbocycles. The molecular formula is C19H20N4O2S. The van der Waals surface area contributed by atoms with Gasteiger partial charge in [0.25, 0.3) is 10.0 Å². The van der Waals surface area contributed by atoms with E-state index in [1.165, 1.54) is 0 Å². The van der Waals surface area contributed by atoms with E-state index in [1.54, 1.807) is 54.6 Å². The molecule has 0 spiro atoms. The number of hydrogen-bond donors (Lipinski definition) is 4. The van der Waals surface area contributed by atoms with Crippen molar-refractivity contribution in [3.8, 4) is 11.1 Å². The largest absolute Gasteiger partial charge is 0.397 e. The molecular weight excluding hydrogens is 348 g/mol. The maximum Gasteiger partial charge on any atom is 0.261 e. The molecule has 134 valence electrons. The quantitative estimate of drug-likeness (QED) is 0.526. The summed E-state index contributed by atoms with van der Waals surface area (Å²) in [6.45, 7) is 1.89. The molecule has 0 heterocycles. The maximum atomic E-state index is 12.6. The lowest BCUT2D eigenvalue weighted by molar-refractivity contribution is 0.601. The molecule has 0 fully saturated rings. The van der Waals surface area contributed by atoms with E-state index in [4.69, 9.17) is 17.2 Å². The minimum Gasteiger partial charge on any atom is -0.397 e. The molecule has 0 bridgehead atoms. The van der Waals surface area contributed by atoms with Crippen LogP contribution in [0.3, 0.4) is 0 Å². The van der Waals surface area contributed by atoms with E-state index >= 15 is 0 Å². The van der Waals surface area contributed by atoms with Crippen molar-refractivity contribution in [3.63, 3.8) is 0 Å². The van der Waals surface area contributed by atoms with Gasteiger partial charge in [0.05, 0.1) is 27.6 Å². The van der Waals surface area contributed by atoms with Crippen LogP contribution in [0.1, 0.15) is 5.56 Å². The molecule has 0 unspecified atom stereocenters. The number of hydrogen-bond acceptors (Lipinski definition) is 5. The number of aryl methyl sites for hydroxylation is 1. The van der Waals surface area contributed by atoms with Crippen LogP contribution in [0, 0.1) is 6.92 Å². The highest BCUT2D eigenvalue weighted by Gasteiger charge is 2.16. The van der Waals surface area contributed by atoms with Gasteiger partial charge in [0, 0.05) is 0 Å². The van der Waals surface area contributed by atoms with Crippen molar-refractivity contribution in [2.75, 3.05) is 21.9 Å². The molecule has 0 atom stereocenters.